The zero-order valence-electron chi connectivity index (χ0n) is 7.92. The molecule has 0 unspecified atom stereocenters. The third-order valence-corrected chi connectivity index (χ3v) is 2.59. The lowest BCUT2D eigenvalue weighted by molar-refractivity contribution is 0.467. The Hall–Kier alpha value is -1.32. The molecule has 1 aromatic heterocycles. The van der Waals surface area contributed by atoms with Gasteiger partial charge < -0.3 is 5.11 Å². The van der Waals surface area contributed by atoms with Crippen LogP contribution in [0.2, 0.25) is 10.0 Å². The van der Waals surface area contributed by atoms with E-state index >= 15 is 0 Å². The number of pyridine rings is 1. The van der Waals surface area contributed by atoms with Gasteiger partial charge in [-0.15, -0.1) is 0 Å². The minimum absolute atomic E-state index is 0.123. The van der Waals surface area contributed by atoms with Gasteiger partial charge in [0.2, 0.25) is 5.95 Å². The number of hydrogen-bond acceptors (Lipinski definition) is 2. The van der Waals surface area contributed by atoms with Gasteiger partial charge in [0.1, 0.15) is 5.75 Å². The zero-order chi connectivity index (χ0) is 11.7. The van der Waals surface area contributed by atoms with E-state index in [1.165, 1.54) is 12.1 Å². The Morgan fingerprint density at radius 2 is 1.88 bits per heavy atom. The number of aromatic nitrogens is 1. The zero-order valence-corrected chi connectivity index (χ0v) is 9.43. The molecule has 0 fully saturated rings. The van der Waals surface area contributed by atoms with Crippen LogP contribution >= 0.6 is 23.2 Å². The molecule has 0 aliphatic heterocycles. The summed E-state index contributed by atoms with van der Waals surface area (Å²) in [6.45, 7) is 0. The number of nitrogens with zero attached hydrogens (tertiary/aromatic N) is 1. The van der Waals surface area contributed by atoms with E-state index < -0.39 is 5.95 Å². The van der Waals surface area contributed by atoms with Crippen molar-refractivity contribution in [3.05, 3.63) is 46.5 Å². The van der Waals surface area contributed by atoms with Gasteiger partial charge in [0, 0.05) is 16.1 Å². The van der Waals surface area contributed by atoms with Gasteiger partial charge in [0.25, 0.3) is 0 Å². The summed E-state index contributed by atoms with van der Waals surface area (Å²) in [5.74, 6) is -0.815. The second-order valence-electron chi connectivity index (χ2n) is 3.16. The average Bonchev–Trinajstić information content (AvgIpc) is 2.22. The second kappa shape index (κ2) is 4.28. The Kier molecular flexibility index (Phi) is 2.99. The first-order chi connectivity index (χ1) is 7.58. The Morgan fingerprint density at radius 1 is 1.12 bits per heavy atom. The molecule has 2 nitrogen and oxygen atoms in total. The van der Waals surface area contributed by atoms with Crippen LogP contribution in [0.1, 0.15) is 0 Å². The molecule has 0 saturated carbocycles. The molecular weight excluding hydrogens is 252 g/mol. The monoisotopic (exact) mass is 257 g/mol. The van der Waals surface area contributed by atoms with Crippen molar-refractivity contribution in [3.8, 4) is 16.9 Å². The Bertz CT molecular complexity index is 546. The summed E-state index contributed by atoms with van der Waals surface area (Å²) < 4.78 is 13.4. The first kappa shape index (κ1) is 11.2. The Labute approximate surface area is 101 Å². The molecule has 0 aliphatic rings. The van der Waals surface area contributed by atoms with E-state index in [1.807, 2.05) is 0 Å². The summed E-state index contributed by atoms with van der Waals surface area (Å²) in [4.78, 5) is 3.41. The number of hydrogen-bond donors (Lipinski definition) is 1. The molecule has 0 spiro atoms. The lowest BCUT2D eigenvalue weighted by Crippen LogP contribution is -1.89. The molecule has 2 aromatic rings. The van der Waals surface area contributed by atoms with Crippen LogP contribution in [-0.4, -0.2) is 10.1 Å². The molecule has 0 amide bonds. The highest BCUT2D eigenvalue weighted by atomic mass is 35.5. The van der Waals surface area contributed by atoms with E-state index in [9.17, 15) is 9.50 Å². The van der Waals surface area contributed by atoms with E-state index in [0.29, 0.717) is 15.6 Å². The first-order valence-corrected chi connectivity index (χ1v) is 5.13. The fourth-order valence-corrected chi connectivity index (χ4v) is 1.84. The fourth-order valence-electron chi connectivity index (χ4n) is 1.33. The molecule has 16 heavy (non-hydrogen) atoms. The predicted molar refractivity (Wildman–Crippen MR) is 61.3 cm³/mol. The van der Waals surface area contributed by atoms with Crippen molar-refractivity contribution in [1.29, 1.82) is 0 Å². The summed E-state index contributed by atoms with van der Waals surface area (Å²) >= 11 is 11.7. The van der Waals surface area contributed by atoms with E-state index in [-0.39, 0.29) is 11.3 Å². The van der Waals surface area contributed by atoms with Gasteiger partial charge in [-0.1, -0.05) is 29.3 Å². The van der Waals surface area contributed by atoms with Gasteiger partial charge in [-0.2, -0.15) is 4.39 Å². The van der Waals surface area contributed by atoms with Crippen molar-refractivity contribution in [2.45, 2.75) is 0 Å². The third-order valence-electron chi connectivity index (χ3n) is 2.05. The van der Waals surface area contributed by atoms with Crippen molar-refractivity contribution in [2.75, 3.05) is 0 Å². The number of rotatable bonds is 1. The van der Waals surface area contributed by atoms with E-state index in [0.717, 1.165) is 6.20 Å². The van der Waals surface area contributed by atoms with Crippen molar-refractivity contribution in [1.82, 2.24) is 4.98 Å². The molecule has 0 saturated heterocycles. The van der Waals surface area contributed by atoms with Crippen molar-refractivity contribution in [2.24, 2.45) is 0 Å². The minimum atomic E-state index is -0.693. The van der Waals surface area contributed by atoms with Gasteiger partial charge >= 0.3 is 0 Å². The molecule has 0 bridgehead atoms. The first-order valence-electron chi connectivity index (χ1n) is 4.38. The molecule has 82 valence electrons. The second-order valence-corrected chi connectivity index (χ2v) is 4.00. The highest BCUT2D eigenvalue weighted by molar-refractivity contribution is 6.36. The number of aromatic hydroxyl groups is 1. The van der Waals surface area contributed by atoms with Crippen LogP contribution in [-0.2, 0) is 0 Å². The van der Waals surface area contributed by atoms with Crippen LogP contribution in [0.5, 0.6) is 5.75 Å². The van der Waals surface area contributed by atoms with Crippen LogP contribution in [0.3, 0.4) is 0 Å². The molecule has 5 heteroatoms. The topological polar surface area (TPSA) is 33.1 Å². The molecule has 1 N–H and O–H groups in total. The lowest BCUT2D eigenvalue weighted by atomic mass is 10.1. The van der Waals surface area contributed by atoms with Gasteiger partial charge in [-0.05, 0) is 18.2 Å². The van der Waals surface area contributed by atoms with Crippen molar-refractivity contribution >= 4 is 23.2 Å². The molecule has 1 heterocycles. The van der Waals surface area contributed by atoms with Gasteiger partial charge in [-0.25, -0.2) is 4.98 Å². The van der Waals surface area contributed by atoms with Crippen LogP contribution in [0, 0.1) is 5.95 Å². The summed E-state index contributed by atoms with van der Waals surface area (Å²) in [7, 11) is 0. The molecule has 0 atom stereocenters. The summed E-state index contributed by atoms with van der Waals surface area (Å²) in [5, 5.41) is 10.0. The SMILES string of the molecule is Oc1cnc(F)c(-c2ccc(Cl)cc2Cl)c1. The van der Waals surface area contributed by atoms with Crippen molar-refractivity contribution in [3.63, 3.8) is 0 Å². The number of halogens is 3. The maximum Gasteiger partial charge on any atom is 0.221 e. The van der Waals surface area contributed by atoms with Gasteiger partial charge in [0.05, 0.1) is 11.2 Å². The quantitative estimate of drug-likeness (QED) is 0.787. The predicted octanol–water partition coefficient (Wildman–Crippen LogP) is 3.90. The lowest BCUT2D eigenvalue weighted by Gasteiger charge is -2.06. The molecule has 2 rings (SSSR count). The summed E-state index contributed by atoms with van der Waals surface area (Å²) in [6.07, 6.45) is 1.03. The fraction of sp³-hybridized carbons (Fsp3) is 0. The van der Waals surface area contributed by atoms with Crippen LogP contribution in [0.15, 0.2) is 30.5 Å². The van der Waals surface area contributed by atoms with Crippen LogP contribution in [0.25, 0.3) is 11.1 Å². The van der Waals surface area contributed by atoms with E-state index in [2.05, 4.69) is 4.98 Å². The molecule has 0 radical (unpaired) electrons. The van der Waals surface area contributed by atoms with Gasteiger partial charge in [0.15, 0.2) is 0 Å². The Balaban J connectivity index is 2.62. The van der Waals surface area contributed by atoms with Crippen LogP contribution < -0.4 is 0 Å². The minimum Gasteiger partial charge on any atom is -0.506 e. The standard InChI is InChI=1S/C11H6Cl2FNO/c12-6-1-2-8(10(13)3-6)9-4-7(16)5-15-11(9)14/h1-5,16H. The van der Waals surface area contributed by atoms with Gasteiger partial charge in [-0.3, -0.25) is 0 Å². The Morgan fingerprint density at radius 3 is 2.56 bits per heavy atom. The molecule has 1 aromatic carbocycles. The highest BCUT2D eigenvalue weighted by Gasteiger charge is 2.11. The van der Waals surface area contributed by atoms with E-state index in [1.54, 1.807) is 12.1 Å². The summed E-state index contributed by atoms with van der Waals surface area (Å²) in [6, 6.07) is 5.93. The molecule has 0 aliphatic carbocycles. The maximum absolute atomic E-state index is 13.4. The molecular formula is C11H6Cl2FNO. The van der Waals surface area contributed by atoms with Crippen LogP contribution in [0.4, 0.5) is 4.39 Å². The van der Waals surface area contributed by atoms with E-state index in [4.69, 9.17) is 23.2 Å². The normalized spacial score (nSPS) is 10.4. The summed E-state index contributed by atoms with van der Waals surface area (Å²) in [5.41, 5.74) is 0.577. The smallest absolute Gasteiger partial charge is 0.221 e. The maximum atomic E-state index is 13.4. The highest BCUT2D eigenvalue weighted by Crippen LogP contribution is 2.32. The largest absolute Gasteiger partial charge is 0.506 e. The van der Waals surface area contributed by atoms with Crippen molar-refractivity contribution < 1.29 is 9.50 Å². The third kappa shape index (κ3) is 2.10. The average molecular weight is 258 g/mol. The number of benzene rings is 1.